The van der Waals surface area contributed by atoms with Gasteiger partial charge in [0.1, 0.15) is 0 Å². The van der Waals surface area contributed by atoms with E-state index in [0.29, 0.717) is 25.9 Å². The molecule has 0 spiro atoms. The Balaban J connectivity index is 2.10. The molecule has 1 aromatic heterocycles. The molecule has 182 valence electrons. The average Bonchev–Trinajstić information content (AvgIpc) is 2.86. The van der Waals surface area contributed by atoms with E-state index in [2.05, 4.69) is 38.1 Å². The van der Waals surface area contributed by atoms with Gasteiger partial charge in [-0.15, -0.1) is 0 Å². The highest BCUT2D eigenvalue weighted by molar-refractivity contribution is 5.32. The minimum atomic E-state index is -0.138. The van der Waals surface area contributed by atoms with Crippen LogP contribution in [0.2, 0.25) is 0 Å². The summed E-state index contributed by atoms with van der Waals surface area (Å²) in [6, 6.07) is 20.3. The van der Waals surface area contributed by atoms with Crippen LogP contribution in [0.25, 0.3) is 0 Å². The van der Waals surface area contributed by atoms with Crippen LogP contribution in [0, 0.1) is 0 Å². The predicted molar refractivity (Wildman–Crippen MR) is 142 cm³/mol. The first kappa shape index (κ1) is 25.7. The predicted octanol–water partition coefficient (Wildman–Crippen LogP) is 6.35. The van der Waals surface area contributed by atoms with Crippen molar-refractivity contribution >= 4 is 0 Å². The third-order valence-corrected chi connectivity index (χ3v) is 6.55. The number of aromatic nitrogens is 2. The number of unbranched alkanes of at least 4 members (excludes halogenated alkanes) is 6. The van der Waals surface area contributed by atoms with Crippen LogP contribution >= 0.6 is 0 Å². The van der Waals surface area contributed by atoms with Gasteiger partial charge in [0.15, 0.2) is 0 Å². The fourth-order valence-electron chi connectivity index (χ4n) is 4.59. The zero-order valence-electron chi connectivity index (χ0n) is 21.0. The van der Waals surface area contributed by atoms with Gasteiger partial charge in [0.05, 0.1) is 0 Å². The van der Waals surface area contributed by atoms with E-state index in [0.717, 1.165) is 73.8 Å². The maximum atomic E-state index is 13.7. The van der Waals surface area contributed by atoms with Gasteiger partial charge in [-0.05, 0) is 24.0 Å². The van der Waals surface area contributed by atoms with Gasteiger partial charge in [-0.25, -0.2) is 4.79 Å². The Kier molecular flexibility index (Phi) is 10.4. The topological polar surface area (TPSA) is 44.0 Å². The van der Waals surface area contributed by atoms with Crippen LogP contribution in [0.3, 0.4) is 0 Å². The highest BCUT2D eigenvalue weighted by Gasteiger charge is 2.19. The Morgan fingerprint density at radius 3 is 1.62 bits per heavy atom. The summed E-state index contributed by atoms with van der Waals surface area (Å²) >= 11 is 0. The summed E-state index contributed by atoms with van der Waals surface area (Å²) in [5.74, 6) is 0. The van der Waals surface area contributed by atoms with Crippen molar-refractivity contribution in [3.05, 3.63) is 104 Å². The van der Waals surface area contributed by atoms with E-state index in [9.17, 15) is 9.59 Å². The van der Waals surface area contributed by atoms with Gasteiger partial charge in [0.25, 0.3) is 5.56 Å². The summed E-state index contributed by atoms with van der Waals surface area (Å²) in [5.41, 5.74) is 3.62. The van der Waals surface area contributed by atoms with Crippen LogP contribution in [-0.4, -0.2) is 9.13 Å². The van der Waals surface area contributed by atoms with Crippen molar-refractivity contribution in [1.29, 1.82) is 0 Å². The number of hydrogen-bond acceptors (Lipinski definition) is 2. The molecule has 34 heavy (non-hydrogen) atoms. The Morgan fingerprint density at radius 1 is 0.588 bits per heavy atom. The highest BCUT2D eigenvalue weighted by Crippen LogP contribution is 2.16. The lowest BCUT2D eigenvalue weighted by molar-refractivity contribution is 0.481. The quantitative estimate of drug-likeness (QED) is 0.263. The van der Waals surface area contributed by atoms with E-state index in [1.165, 1.54) is 4.57 Å². The van der Waals surface area contributed by atoms with E-state index >= 15 is 0 Å². The fourth-order valence-corrected chi connectivity index (χ4v) is 4.59. The van der Waals surface area contributed by atoms with E-state index in [1.54, 1.807) is 0 Å². The molecule has 2 aromatic carbocycles. The molecule has 0 bridgehead atoms. The fraction of sp³-hybridized carbons (Fsp3) is 0.467. The molecular weight excluding hydrogens is 420 g/mol. The molecule has 3 aromatic rings. The lowest BCUT2D eigenvalue weighted by Gasteiger charge is -2.20. The molecule has 0 radical (unpaired) electrons. The van der Waals surface area contributed by atoms with Crippen molar-refractivity contribution in [2.45, 2.75) is 91.1 Å². The normalized spacial score (nSPS) is 11.1. The molecule has 0 atom stereocenters. The molecule has 0 aliphatic rings. The van der Waals surface area contributed by atoms with Crippen LogP contribution in [0.5, 0.6) is 0 Å². The van der Waals surface area contributed by atoms with E-state index in [-0.39, 0.29) is 11.2 Å². The van der Waals surface area contributed by atoms with Gasteiger partial charge < -0.3 is 0 Å². The van der Waals surface area contributed by atoms with Crippen LogP contribution in [0.4, 0.5) is 0 Å². The number of nitrogens with zero attached hydrogens (tertiary/aromatic N) is 2. The molecule has 0 aliphatic heterocycles. The molecule has 4 heteroatoms. The van der Waals surface area contributed by atoms with Gasteiger partial charge in [-0.1, -0.05) is 113 Å². The third kappa shape index (κ3) is 7.06. The largest absolute Gasteiger partial charge is 0.331 e. The van der Waals surface area contributed by atoms with E-state index < -0.39 is 0 Å². The molecule has 0 amide bonds. The molecule has 1 heterocycles. The summed E-state index contributed by atoms with van der Waals surface area (Å²) in [4.78, 5) is 27.4. The number of benzene rings is 2. The monoisotopic (exact) mass is 460 g/mol. The number of hydrogen-bond donors (Lipinski definition) is 0. The van der Waals surface area contributed by atoms with Gasteiger partial charge in [-0.3, -0.25) is 13.9 Å². The molecule has 0 saturated carbocycles. The van der Waals surface area contributed by atoms with Gasteiger partial charge >= 0.3 is 5.69 Å². The van der Waals surface area contributed by atoms with Gasteiger partial charge in [0, 0.05) is 37.2 Å². The van der Waals surface area contributed by atoms with E-state index in [4.69, 9.17) is 0 Å². The van der Waals surface area contributed by atoms with Crippen LogP contribution in [-0.2, 0) is 25.9 Å². The second-order valence-electron chi connectivity index (χ2n) is 9.26. The molecule has 3 rings (SSSR count). The highest BCUT2D eigenvalue weighted by atomic mass is 16.2. The molecule has 0 fully saturated rings. The molecule has 0 N–H and O–H groups in total. The van der Waals surface area contributed by atoms with Crippen molar-refractivity contribution < 1.29 is 0 Å². The van der Waals surface area contributed by atoms with Gasteiger partial charge in [-0.2, -0.15) is 0 Å². The van der Waals surface area contributed by atoms with Crippen LogP contribution in [0.1, 0.15) is 87.6 Å². The third-order valence-electron chi connectivity index (χ3n) is 6.55. The summed E-state index contributed by atoms with van der Waals surface area (Å²) in [5, 5.41) is 0. The molecule has 0 unspecified atom stereocenters. The Bertz CT molecular complexity index is 1110. The van der Waals surface area contributed by atoms with Gasteiger partial charge in [0.2, 0.25) is 0 Å². The summed E-state index contributed by atoms with van der Waals surface area (Å²) in [6.45, 7) is 5.53. The zero-order valence-corrected chi connectivity index (χ0v) is 21.0. The lowest BCUT2D eigenvalue weighted by Crippen LogP contribution is -2.44. The Morgan fingerprint density at radius 2 is 1.09 bits per heavy atom. The van der Waals surface area contributed by atoms with Crippen LogP contribution in [0.15, 0.2) is 70.3 Å². The van der Waals surface area contributed by atoms with Crippen molar-refractivity contribution in [3.63, 3.8) is 0 Å². The first-order valence-electron chi connectivity index (χ1n) is 13.1. The maximum absolute atomic E-state index is 13.7. The minimum Gasteiger partial charge on any atom is -0.297 e. The SMILES string of the molecule is CCCCCCn1c(Cc2ccccc2)c(Cc2ccccc2)c(=O)n(CCCCCC)c1=O. The zero-order chi connectivity index (χ0) is 24.2. The van der Waals surface area contributed by atoms with E-state index in [1.807, 2.05) is 41.0 Å². The molecule has 4 nitrogen and oxygen atoms in total. The summed E-state index contributed by atoms with van der Waals surface area (Å²) in [6.07, 6.45) is 9.67. The first-order chi connectivity index (χ1) is 16.7. The summed E-state index contributed by atoms with van der Waals surface area (Å²) < 4.78 is 3.43. The van der Waals surface area contributed by atoms with Crippen molar-refractivity contribution in [3.8, 4) is 0 Å². The standard InChI is InChI=1S/C30H40N2O2/c1-3-5-7-15-21-31-28(24-26-19-13-10-14-20-26)27(23-25-17-11-9-12-18-25)29(33)32(30(31)34)22-16-8-6-4-2/h9-14,17-20H,3-8,15-16,21-24H2,1-2H3. The Labute approximate surface area is 204 Å². The minimum absolute atomic E-state index is 0.110. The van der Waals surface area contributed by atoms with Crippen molar-refractivity contribution in [1.82, 2.24) is 9.13 Å². The summed E-state index contributed by atoms with van der Waals surface area (Å²) in [7, 11) is 0. The van der Waals surface area contributed by atoms with Crippen LogP contribution < -0.4 is 11.2 Å². The second-order valence-corrected chi connectivity index (χ2v) is 9.26. The maximum Gasteiger partial charge on any atom is 0.331 e. The Hall–Kier alpha value is -2.88. The molecular formula is C30H40N2O2. The van der Waals surface area contributed by atoms with Crippen molar-refractivity contribution in [2.24, 2.45) is 0 Å². The smallest absolute Gasteiger partial charge is 0.297 e. The molecule has 0 saturated heterocycles. The average molecular weight is 461 g/mol. The van der Waals surface area contributed by atoms with Crippen molar-refractivity contribution in [2.75, 3.05) is 0 Å². The second kappa shape index (κ2) is 13.7. The first-order valence-corrected chi connectivity index (χ1v) is 13.1. The molecule has 0 aliphatic carbocycles. The lowest BCUT2D eigenvalue weighted by atomic mass is 9.99. The number of rotatable bonds is 14.